The molecule has 0 fully saturated rings. The van der Waals surface area contributed by atoms with E-state index in [1.807, 2.05) is 6.07 Å². The minimum absolute atomic E-state index is 0.517. The van der Waals surface area contributed by atoms with Crippen molar-refractivity contribution in [3.05, 3.63) is 44.1 Å². The minimum atomic E-state index is 0.517. The zero-order valence-corrected chi connectivity index (χ0v) is 15.3. The quantitative estimate of drug-likeness (QED) is 0.725. The molecule has 0 spiro atoms. The lowest BCUT2D eigenvalue weighted by Gasteiger charge is -2.14. The number of rotatable bonds is 5. The summed E-state index contributed by atoms with van der Waals surface area (Å²) in [6.07, 6.45) is 1.75. The van der Waals surface area contributed by atoms with Crippen molar-refractivity contribution in [3.63, 3.8) is 0 Å². The first-order chi connectivity index (χ1) is 10.0. The van der Waals surface area contributed by atoms with Gasteiger partial charge in [0.05, 0.1) is 37.2 Å². The van der Waals surface area contributed by atoms with Gasteiger partial charge in [0.15, 0.2) is 0 Å². The molecule has 1 heterocycles. The van der Waals surface area contributed by atoms with Crippen molar-refractivity contribution in [1.82, 2.24) is 4.98 Å². The monoisotopic (exact) mass is 434 g/mol. The number of hydrogen-bond donors (Lipinski definition) is 1. The van der Waals surface area contributed by atoms with E-state index in [-0.39, 0.29) is 0 Å². The number of anilines is 1. The smallest absolute Gasteiger partial charge is 0.145 e. The molecule has 0 bridgehead atoms. The topological polar surface area (TPSA) is 43.4 Å². The molecule has 0 aliphatic rings. The number of nitrogens with one attached hydrogen (secondary N) is 1. The van der Waals surface area contributed by atoms with Gasteiger partial charge >= 0.3 is 0 Å². The first kappa shape index (κ1) is 16.4. The predicted molar refractivity (Wildman–Crippen MR) is 91.5 cm³/mol. The highest BCUT2D eigenvalue weighted by molar-refractivity contribution is 9.11. The molecule has 1 aromatic carbocycles. The Bertz CT molecular complexity index is 653. The molecule has 0 saturated carbocycles. The number of pyridine rings is 1. The summed E-state index contributed by atoms with van der Waals surface area (Å²) in [5, 5.41) is 3.78. The standard InChI is InChI=1S/C14H13Br2ClN2O2/c1-20-13-5-14(21-2)11(4-10(13)17)19-7-12-9(16)3-8(15)6-18-12/h3-6,19H,7H2,1-2H3. The van der Waals surface area contributed by atoms with Gasteiger partial charge in [-0.2, -0.15) is 0 Å². The van der Waals surface area contributed by atoms with Gasteiger partial charge in [-0.15, -0.1) is 0 Å². The van der Waals surface area contributed by atoms with Crippen molar-refractivity contribution >= 4 is 49.1 Å². The third kappa shape index (κ3) is 4.02. The molecular formula is C14H13Br2ClN2O2. The molecule has 1 aromatic heterocycles. The van der Waals surface area contributed by atoms with Crippen LogP contribution < -0.4 is 14.8 Å². The van der Waals surface area contributed by atoms with Crippen LogP contribution in [-0.4, -0.2) is 19.2 Å². The second-order valence-electron chi connectivity index (χ2n) is 4.12. The van der Waals surface area contributed by atoms with Gasteiger partial charge in [-0.25, -0.2) is 0 Å². The van der Waals surface area contributed by atoms with Crippen molar-refractivity contribution in [1.29, 1.82) is 0 Å². The fourth-order valence-corrected chi connectivity index (χ4v) is 3.12. The van der Waals surface area contributed by atoms with Crippen LogP contribution in [-0.2, 0) is 6.54 Å². The van der Waals surface area contributed by atoms with Gasteiger partial charge in [-0.3, -0.25) is 4.98 Å². The summed E-state index contributed by atoms with van der Waals surface area (Å²) < 4.78 is 12.4. The molecule has 0 aliphatic heterocycles. The molecule has 7 heteroatoms. The third-order valence-electron chi connectivity index (χ3n) is 2.80. The lowest BCUT2D eigenvalue weighted by atomic mass is 10.2. The molecule has 0 amide bonds. The number of aromatic nitrogens is 1. The van der Waals surface area contributed by atoms with Crippen LogP contribution in [0.15, 0.2) is 33.3 Å². The lowest BCUT2D eigenvalue weighted by molar-refractivity contribution is 0.395. The maximum Gasteiger partial charge on any atom is 0.145 e. The lowest BCUT2D eigenvalue weighted by Crippen LogP contribution is -2.04. The average molecular weight is 437 g/mol. The molecule has 1 N–H and O–H groups in total. The molecular weight excluding hydrogens is 423 g/mol. The number of nitrogens with zero attached hydrogens (tertiary/aromatic N) is 1. The van der Waals surface area contributed by atoms with Gasteiger partial charge in [0.2, 0.25) is 0 Å². The fourth-order valence-electron chi connectivity index (χ4n) is 1.75. The fraction of sp³-hybridized carbons (Fsp3) is 0.214. The maximum absolute atomic E-state index is 6.14. The van der Waals surface area contributed by atoms with Crippen molar-refractivity contribution in [3.8, 4) is 11.5 Å². The predicted octanol–water partition coefficient (Wildman–Crippen LogP) is 4.89. The van der Waals surface area contributed by atoms with Gasteiger partial charge in [-0.05, 0) is 44.0 Å². The first-order valence-corrected chi connectivity index (χ1v) is 7.97. The van der Waals surface area contributed by atoms with Crippen LogP contribution in [0.4, 0.5) is 5.69 Å². The van der Waals surface area contributed by atoms with Crippen LogP contribution in [0.3, 0.4) is 0 Å². The zero-order valence-electron chi connectivity index (χ0n) is 11.4. The van der Waals surface area contributed by atoms with Crippen LogP contribution in [0.25, 0.3) is 0 Å². The Kier molecular flexibility index (Phi) is 5.72. The second kappa shape index (κ2) is 7.33. The third-order valence-corrected chi connectivity index (χ3v) is 4.22. The second-order valence-corrected chi connectivity index (χ2v) is 6.30. The Morgan fingerprint density at radius 2 is 1.86 bits per heavy atom. The van der Waals surface area contributed by atoms with E-state index in [9.17, 15) is 0 Å². The van der Waals surface area contributed by atoms with Crippen LogP contribution in [0.5, 0.6) is 11.5 Å². The largest absolute Gasteiger partial charge is 0.495 e. The molecule has 2 rings (SSSR count). The molecule has 0 atom stereocenters. The molecule has 112 valence electrons. The SMILES string of the molecule is COc1cc(OC)c(NCc2ncc(Br)cc2Br)cc1Cl. The Hall–Kier alpha value is -0.980. The van der Waals surface area contributed by atoms with E-state index >= 15 is 0 Å². The van der Waals surface area contributed by atoms with Gasteiger partial charge in [-0.1, -0.05) is 11.6 Å². The summed E-state index contributed by atoms with van der Waals surface area (Å²) in [7, 11) is 3.16. The summed E-state index contributed by atoms with van der Waals surface area (Å²) in [5.74, 6) is 1.23. The van der Waals surface area contributed by atoms with E-state index in [4.69, 9.17) is 21.1 Å². The Labute approximate surface area is 145 Å². The number of methoxy groups -OCH3 is 2. The van der Waals surface area contributed by atoms with E-state index < -0.39 is 0 Å². The number of halogens is 3. The van der Waals surface area contributed by atoms with Crippen LogP contribution >= 0.6 is 43.5 Å². The summed E-state index contributed by atoms with van der Waals surface area (Å²) >= 11 is 13.0. The highest BCUT2D eigenvalue weighted by atomic mass is 79.9. The van der Waals surface area contributed by atoms with Crippen molar-refractivity contribution in [2.45, 2.75) is 6.54 Å². The van der Waals surface area contributed by atoms with Crippen LogP contribution in [0.2, 0.25) is 5.02 Å². The van der Waals surface area contributed by atoms with E-state index in [1.54, 1.807) is 32.5 Å². The Morgan fingerprint density at radius 1 is 1.14 bits per heavy atom. The first-order valence-electron chi connectivity index (χ1n) is 6.00. The molecule has 0 radical (unpaired) electrons. The minimum Gasteiger partial charge on any atom is -0.495 e. The van der Waals surface area contributed by atoms with E-state index in [0.29, 0.717) is 23.1 Å². The average Bonchev–Trinajstić information content (AvgIpc) is 2.46. The van der Waals surface area contributed by atoms with E-state index in [2.05, 4.69) is 42.2 Å². The molecule has 21 heavy (non-hydrogen) atoms. The molecule has 4 nitrogen and oxygen atoms in total. The Morgan fingerprint density at radius 3 is 2.48 bits per heavy atom. The zero-order chi connectivity index (χ0) is 15.4. The van der Waals surface area contributed by atoms with Crippen molar-refractivity contribution in [2.24, 2.45) is 0 Å². The summed E-state index contributed by atoms with van der Waals surface area (Å²) in [5.41, 5.74) is 1.66. The highest BCUT2D eigenvalue weighted by Gasteiger charge is 2.10. The number of ether oxygens (including phenoxy) is 2. The summed E-state index contributed by atoms with van der Waals surface area (Å²) in [6, 6.07) is 5.46. The Balaban J connectivity index is 2.21. The number of hydrogen-bond acceptors (Lipinski definition) is 4. The molecule has 0 saturated heterocycles. The molecule has 0 unspecified atom stereocenters. The molecule has 0 aliphatic carbocycles. The van der Waals surface area contributed by atoms with Crippen molar-refractivity contribution in [2.75, 3.05) is 19.5 Å². The van der Waals surface area contributed by atoms with Crippen molar-refractivity contribution < 1.29 is 9.47 Å². The van der Waals surface area contributed by atoms with Gasteiger partial charge in [0.25, 0.3) is 0 Å². The van der Waals surface area contributed by atoms with E-state index in [0.717, 1.165) is 20.3 Å². The van der Waals surface area contributed by atoms with Crippen LogP contribution in [0.1, 0.15) is 5.69 Å². The molecule has 2 aromatic rings. The van der Waals surface area contributed by atoms with E-state index in [1.165, 1.54) is 0 Å². The summed E-state index contributed by atoms with van der Waals surface area (Å²) in [4.78, 5) is 4.35. The van der Waals surface area contributed by atoms with Crippen LogP contribution in [0, 0.1) is 0 Å². The maximum atomic E-state index is 6.14. The number of benzene rings is 1. The van der Waals surface area contributed by atoms with Gasteiger partial charge < -0.3 is 14.8 Å². The normalized spacial score (nSPS) is 10.3. The van der Waals surface area contributed by atoms with Gasteiger partial charge in [0, 0.05) is 21.2 Å². The summed E-state index contributed by atoms with van der Waals surface area (Å²) in [6.45, 7) is 0.535. The highest BCUT2D eigenvalue weighted by Crippen LogP contribution is 2.36. The van der Waals surface area contributed by atoms with Gasteiger partial charge in [0.1, 0.15) is 11.5 Å².